The lowest BCUT2D eigenvalue weighted by molar-refractivity contribution is -0.143. The summed E-state index contributed by atoms with van der Waals surface area (Å²) in [5.41, 5.74) is 0.682. The van der Waals surface area contributed by atoms with Crippen molar-refractivity contribution in [2.45, 2.75) is 26.3 Å². The number of carbonyl (C=O) groups excluding carboxylic acids is 1. The Morgan fingerprint density at radius 1 is 1.36 bits per heavy atom. The molecule has 1 rings (SSSR count). The molecule has 0 aromatic heterocycles. The predicted molar refractivity (Wildman–Crippen MR) is 85.5 cm³/mol. The zero-order valence-electron chi connectivity index (χ0n) is 12.9. The third-order valence-electron chi connectivity index (χ3n) is 3.08. The van der Waals surface area contributed by atoms with Gasteiger partial charge in [0.05, 0.1) is 12.8 Å². The molecule has 122 valence electrons. The number of anilines is 1. The molecule has 0 heterocycles. The fraction of sp³-hybridized carbons (Fsp3) is 0.467. The van der Waals surface area contributed by atoms with Crippen LogP contribution in [-0.4, -0.2) is 36.7 Å². The number of carboxylic acid groups (broad SMARTS) is 1. The van der Waals surface area contributed by atoms with E-state index in [-0.39, 0.29) is 18.2 Å². The molecule has 0 fully saturated rings. The largest absolute Gasteiger partial charge is 0.495 e. The average Bonchev–Trinajstić information content (AvgIpc) is 2.44. The fourth-order valence-corrected chi connectivity index (χ4v) is 2.06. The minimum Gasteiger partial charge on any atom is -0.495 e. The van der Waals surface area contributed by atoms with E-state index in [0.717, 1.165) is 0 Å². The molecule has 0 saturated heterocycles. The lowest BCUT2D eigenvalue weighted by Gasteiger charge is -2.18. The quantitative estimate of drug-likeness (QED) is 0.682. The summed E-state index contributed by atoms with van der Waals surface area (Å²) in [4.78, 5) is 22.8. The molecule has 1 amide bonds. The number of rotatable bonds is 8. The lowest BCUT2D eigenvalue weighted by atomic mass is 10.0. The van der Waals surface area contributed by atoms with Crippen LogP contribution in [0.25, 0.3) is 0 Å². The third-order valence-corrected chi connectivity index (χ3v) is 3.31. The molecule has 6 nitrogen and oxygen atoms in total. The Kier molecular flexibility index (Phi) is 6.98. The molecule has 0 saturated carbocycles. The first-order valence-corrected chi connectivity index (χ1v) is 7.32. The number of hydrogen-bond donors (Lipinski definition) is 3. The van der Waals surface area contributed by atoms with Gasteiger partial charge in [0.1, 0.15) is 11.8 Å². The number of aliphatic carboxylic acids is 1. The van der Waals surface area contributed by atoms with Crippen molar-refractivity contribution in [3.8, 4) is 5.75 Å². The van der Waals surface area contributed by atoms with Crippen molar-refractivity contribution >= 4 is 29.2 Å². The fourth-order valence-electron chi connectivity index (χ4n) is 1.89. The average molecular weight is 329 g/mol. The summed E-state index contributed by atoms with van der Waals surface area (Å²) >= 11 is 5.91. The van der Waals surface area contributed by atoms with Crippen LogP contribution >= 0.6 is 11.6 Å². The molecule has 7 heteroatoms. The summed E-state index contributed by atoms with van der Waals surface area (Å²) in [5.74, 6) is -0.916. The summed E-state index contributed by atoms with van der Waals surface area (Å²) < 4.78 is 5.19. The number of ether oxygens (including phenoxy) is 1. The van der Waals surface area contributed by atoms with Crippen LogP contribution in [0.15, 0.2) is 18.2 Å². The topological polar surface area (TPSA) is 87.7 Å². The van der Waals surface area contributed by atoms with Gasteiger partial charge in [0.15, 0.2) is 0 Å². The van der Waals surface area contributed by atoms with Gasteiger partial charge in [-0.25, -0.2) is 4.79 Å². The minimum atomic E-state index is -1.03. The van der Waals surface area contributed by atoms with E-state index in [2.05, 4.69) is 10.6 Å². The van der Waals surface area contributed by atoms with Crippen molar-refractivity contribution in [2.75, 3.05) is 19.0 Å². The highest BCUT2D eigenvalue weighted by Gasteiger charge is 2.22. The van der Waals surface area contributed by atoms with Gasteiger partial charge in [-0.2, -0.15) is 0 Å². The van der Waals surface area contributed by atoms with Gasteiger partial charge in [-0.15, -0.1) is 0 Å². The van der Waals surface area contributed by atoms with E-state index in [4.69, 9.17) is 21.4 Å². The molecular formula is C15H21ClN2O4. The van der Waals surface area contributed by atoms with Gasteiger partial charge < -0.3 is 20.5 Å². The second kappa shape index (κ2) is 8.48. The summed E-state index contributed by atoms with van der Waals surface area (Å²) in [6.45, 7) is 3.83. The van der Waals surface area contributed by atoms with Crippen LogP contribution < -0.4 is 15.4 Å². The molecular weight excluding hydrogens is 308 g/mol. The van der Waals surface area contributed by atoms with Crippen molar-refractivity contribution in [3.63, 3.8) is 0 Å². The molecule has 0 radical (unpaired) electrons. The number of hydrogen-bond acceptors (Lipinski definition) is 4. The number of benzene rings is 1. The van der Waals surface area contributed by atoms with Crippen molar-refractivity contribution in [1.29, 1.82) is 0 Å². The second-order valence-corrected chi connectivity index (χ2v) is 5.59. The second-order valence-electron chi connectivity index (χ2n) is 5.15. The monoisotopic (exact) mass is 328 g/mol. The molecule has 0 bridgehead atoms. The van der Waals surface area contributed by atoms with Crippen molar-refractivity contribution in [2.24, 2.45) is 5.92 Å². The Balaban J connectivity index is 2.52. The van der Waals surface area contributed by atoms with Gasteiger partial charge in [-0.05, 0) is 24.1 Å². The summed E-state index contributed by atoms with van der Waals surface area (Å²) in [5, 5.41) is 15.1. The molecule has 1 aromatic rings. The van der Waals surface area contributed by atoms with E-state index in [1.807, 2.05) is 0 Å². The number of amides is 1. The zero-order valence-corrected chi connectivity index (χ0v) is 13.6. The van der Waals surface area contributed by atoms with Crippen molar-refractivity contribution in [3.05, 3.63) is 23.2 Å². The van der Waals surface area contributed by atoms with Crippen LogP contribution in [0.3, 0.4) is 0 Å². The number of halogens is 1. The van der Waals surface area contributed by atoms with E-state index in [1.165, 1.54) is 0 Å². The van der Waals surface area contributed by atoms with Gasteiger partial charge in [0.25, 0.3) is 0 Å². The standard InChI is InChI=1S/C15H21ClN2O4/c1-9(2)14(15(20)21)18-13(19)6-7-17-11-8-10(16)4-5-12(11)22-3/h4-5,8-9,14,17H,6-7H2,1-3H3,(H,18,19)(H,20,21)/t14-/m0/s1. The molecule has 22 heavy (non-hydrogen) atoms. The molecule has 0 aliphatic carbocycles. The highest BCUT2D eigenvalue weighted by atomic mass is 35.5. The molecule has 0 unspecified atom stereocenters. The normalized spacial score (nSPS) is 11.9. The molecule has 3 N–H and O–H groups in total. The maximum absolute atomic E-state index is 11.8. The maximum Gasteiger partial charge on any atom is 0.326 e. The smallest absolute Gasteiger partial charge is 0.326 e. The number of carboxylic acids is 1. The van der Waals surface area contributed by atoms with Crippen LogP contribution in [0.4, 0.5) is 5.69 Å². The summed E-state index contributed by atoms with van der Waals surface area (Å²) in [6, 6.07) is 4.25. The Hall–Kier alpha value is -1.95. The summed E-state index contributed by atoms with van der Waals surface area (Å²) in [6.07, 6.45) is 0.145. The van der Waals surface area contributed by atoms with Crippen LogP contribution in [-0.2, 0) is 9.59 Å². The molecule has 0 aliphatic heterocycles. The van der Waals surface area contributed by atoms with Crippen molar-refractivity contribution in [1.82, 2.24) is 5.32 Å². The van der Waals surface area contributed by atoms with Gasteiger partial charge in [0.2, 0.25) is 5.91 Å². The first kappa shape index (κ1) is 18.1. The van der Waals surface area contributed by atoms with E-state index < -0.39 is 12.0 Å². The predicted octanol–water partition coefficient (Wildman–Crippen LogP) is 2.38. The van der Waals surface area contributed by atoms with Crippen LogP contribution in [0.5, 0.6) is 5.75 Å². The lowest BCUT2D eigenvalue weighted by Crippen LogP contribution is -2.44. The van der Waals surface area contributed by atoms with Gasteiger partial charge >= 0.3 is 5.97 Å². The molecule has 1 atom stereocenters. The van der Waals surface area contributed by atoms with Gasteiger partial charge in [0, 0.05) is 18.0 Å². The van der Waals surface area contributed by atoms with E-state index in [1.54, 1.807) is 39.2 Å². The highest BCUT2D eigenvalue weighted by Crippen LogP contribution is 2.27. The molecule has 1 aromatic carbocycles. The van der Waals surface area contributed by atoms with Crippen LogP contribution in [0, 0.1) is 5.92 Å². The highest BCUT2D eigenvalue weighted by molar-refractivity contribution is 6.30. The van der Waals surface area contributed by atoms with E-state index in [9.17, 15) is 9.59 Å². The minimum absolute atomic E-state index is 0.145. The SMILES string of the molecule is COc1ccc(Cl)cc1NCCC(=O)N[C@H](C(=O)O)C(C)C. The Morgan fingerprint density at radius 2 is 2.05 bits per heavy atom. The zero-order chi connectivity index (χ0) is 16.7. The first-order chi connectivity index (χ1) is 10.3. The van der Waals surface area contributed by atoms with E-state index >= 15 is 0 Å². The molecule has 0 aliphatic rings. The Bertz CT molecular complexity index is 534. The summed E-state index contributed by atoms with van der Waals surface area (Å²) in [7, 11) is 1.54. The number of methoxy groups -OCH3 is 1. The van der Waals surface area contributed by atoms with Crippen molar-refractivity contribution < 1.29 is 19.4 Å². The molecule has 0 spiro atoms. The number of nitrogens with one attached hydrogen (secondary N) is 2. The van der Waals surface area contributed by atoms with Gasteiger partial charge in [-0.3, -0.25) is 4.79 Å². The van der Waals surface area contributed by atoms with Crippen LogP contribution in [0.1, 0.15) is 20.3 Å². The van der Waals surface area contributed by atoms with Gasteiger partial charge in [-0.1, -0.05) is 25.4 Å². The number of carbonyl (C=O) groups is 2. The Morgan fingerprint density at radius 3 is 2.59 bits per heavy atom. The Labute approximate surface area is 134 Å². The third kappa shape index (κ3) is 5.44. The maximum atomic E-state index is 11.8. The van der Waals surface area contributed by atoms with Crippen LogP contribution in [0.2, 0.25) is 5.02 Å². The van der Waals surface area contributed by atoms with E-state index in [0.29, 0.717) is 23.0 Å². The first-order valence-electron chi connectivity index (χ1n) is 6.94.